The number of hydrogen-bond donors (Lipinski definition) is 2. The van der Waals surface area contributed by atoms with Crippen molar-refractivity contribution >= 4 is 10.0 Å². The van der Waals surface area contributed by atoms with Gasteiger partial charge in [0.15, 0.2) is 5.75 Å². The molecule has 0 saturated heterocycles. The fourth-order valence-electron chi connectivity index (χ4n) is 1.94. The van der Waals surface area contributed by atoms with Crippen LogP contribution in [-0.4, -0.2) is 39.5 Å². The Balaban J connectivity index is 2.04. The van der Waals surface area contributed by atoms with Gasteiger partial charge in [0.1, 0.15) is 0 Å². The first kappa shape index (κ1) is 15.4. The van der Waals surface area contributed by atoms with Crippen LogP contribution in [0, 0.1) is 11.3 Å². The van der Waals surface area contributed by atoms with Gasteiger partial charge in [-0.05, 0) is 32.1 Å². The molecule has 0 aromatic carbocycles. The van der Waals surface area contributed by atoms with E-state index in [1.807, 2.05) is 0 Å². The Labute approximate surface area is 109 Å². The second-order valence-electron chi connectivity index (χ2n) is 4.57. The van der Waals surface area contributed by atoms with Crippen LogP contribution in [0.5, 0.6) is 0 Å². The van der Waals surface area contributed by atoms with Crippen molar-refractivity contribution in [3.8, 4) is 6.07 Å². The first-order chi connectivity index (χ1) is 8.53. The Bertz CT molecular complexity index is 369. The van der Waals surface area contributed by atoms with E-state index >= 15 is 0 Å². The predicted molar refractivity (Wildman–Crippen MR) is 68.2 cm³/mol. The highest BCUT2D eigenvalue weighted by molar-refractivity contribution is 7.89. The summed E-state index contributed by atoms with van der Waals surface area (Å²) in [4.78, 5) is 0. The molecule has 0 amide bonds. The average Bonchev–Trinajstić information content (AvgIpc) is 2.31. The molecule has 6 nitrogen and oxygen atoms in total. The highest BCUT2D eigenvalue weighted by Gasteiger charge is 2.18. The number of rotatable bonds is 7. The van der Waals surface area contributed by atoms with Gasteiger partial charge in [-0.2, -0.15) is 5.26 Å². The molecule has 1 saturated carbocycles. The van der Waals surface area contributed by atoms with E-state index in [0.29, 0.717) is 25.6 Å². The van der Waals surface area contributed by atoms with Gasteiger partial charge in [-0.3, -0.25) is 0 Å². The minimum absolute atomic E-state index is 0.264. The first-order valence-corrected chi connectivity index (χ1v) is 7.90. The Morgan fingerprint density at radius 3 is 2.61 bits per heavy atom. The van der Waals surface area contributed by atoms with E-state index in [1.54, 1.807) is 6.07 Å². The Hall–Kier alpha value is -0.680. The molecule has 18 heavy (non-hydrogen) atoms. The first-order valence-electron chi connectivity index (χ1n) is 6.25. The van der Waals surface area contributed by atoms with Gasteiger partial charge in [0.2, 0.25) is 10.0 Å². The Kier molecular flexibility index (Phi) is 6.57. The minimum atomic E-state index is -3.43. The SMILES string of the molecule is N#CCS(=O)(=O)NCCCOC1CCC(N)CC1. The van der Waals surface area contributed by atoms with E-state index in [4.69, 9.17) is 15.7 Å². The van der Waals surface area contributed by atoms with Crippen LogP contribution in [0.1, 0.15) is 32.1 Å². The van der Waals surface area contributed by atoms with Gasteiger partial charge in [0.05, 0.1) is 12.2 Å². The van der Waals surface area contributed by atoms with Crippen LogP contribution in [0.4, 0.5) is 0 Å². The van der Waals surface area contributed by atoms with Crippen LogP contribution in [0.25, 0.3) is 0 Å². The van der Waals surface area contributed by atoms with Gasteiger partial charge in [0.25, 0.3) is 0 Å². The van der Waals surface area contributed by atoms with Crippen molar-refractivity contribution in [3.05, 3.63) is 0 Å². The molecular weight excluding hydrogens is 254 g/mol. The average molecular weight is 275 g/mol. The number of nitriles is 1. The molecule has 0 spiro atoms. The maximum Gasteiger partial charge on any atom is 0.225 e. The standard InChI is InChI=1S/C11H21N3O3S/c12-6-9-18(15,16)14-7-1-8-17-11-4-2-10(13)3-5-11/h10-11,14H,1-5,7-9,13H2. The molecule has 1 fully saturated rings. The molecule has 1 aliphatic rings. The normalized spacial score (nSPS) is 24.7. The predicted octanol–water partition coefficient (Wildman–Crippen LogP) is 0.106. The summed E-state index contributed by atoms with van der Waals surface area (Å²) in [7, 11) is -3.43. The lowest BCUT2D eigenvalue weighted by molar-refractivity contribution is 0.0245. The number of ether oxygens (including phenoxy) is 1. The Morgan fingerprint density at radius 1 is 1.33 bits per heavy atom. The lowest BCUT2D eigenvalue weighted by Crippen LogP contribution is -2.31. The van der Waals surface area contributed by atoms with Gasteiger partial charge in [-0.25, -0.2) is 13.1 Å². The fourth-order valence-corrected chi connectivity index (χ4v) is 2.67. The van der Waals surface area contributed by atoms with Crippen molar-refractivity contribution in [3.63, 3.8) is 0 Å². The smallest absolute Gasteiger partial charge is 0.225 e. The summed E-state index contributed by atoms with van der Waals surface area (Å²) in [6, 6.07) is 1.92. The molecule has 0 heterocycles. The van der Waals surface area contributed by atoms with Crippen LogP contribution in [0.15, 0.2) is 0 Å². The summed E-state index contributed by atoms with van der Waals surface area (Å²) in [5.41, 5.74) is 5.79. The van der Waals surface area contributed by atoms with Gasteiger partial charge < -0.3 is 10.5 Å². The maximum atomic E-state index is 11.1. The topological polar surface area (TPSA) is 105 Å². The highest BCUT2D eigenvalue weighted by atomic mass is 32.2. The molecule has 7 heteroatoms. The summed E-state index contributed by atoms with van der Waals surface area (Å²) in [6.45, 7) is 0.852. The molecule has 0 atom stereocenters. The lowest BCUT2D eigenvalue weighted by Gasteiger charge is -2.26. The van der Waals surface area contributed by atoms with Gasteiger partial charge in [-0.1, -0.05) is 0 Å². The van der Waals surface area contributed by atoms with Crippen LogP contribution in [0.2, 0.25) is 0 Å². The zero-order chi connectivity index (χ0) is 13.4. The van der Waals surface area contributed by atoms with Crippen molar-refractivity contribution in [2.45, 2.75) is 44.2 Å². The van der Waals surface area contributed by atoms with Crippen molar-refractivity contribution in [1.82, 2.24) is 4.72 Å². The molecule has 1 aliphatic carbocycles. The zero-order valence-electron chi connectivity index (χ0n) is 10.5. The van der Waals surface area contributed by atoms with Gasteiger partial charge in [-0.15, -0.1) is 0 Å². The van der Waals surface area contributed by atoms with E-state index in [0.717, 1.165) is 25.7 Å². The summed E-state index contributed by atoms with van der Waals surface area (Å²) in [6.07, 6.45) is 4.86. The van der Waals surface area contributed by atoms with Crippen LogP contribution in [0.3, 0.4) is 0 Å². The van der Waals surface area contributed by atoms with Crippen molar-refractivity contribution in [2.24, 2.45) is 5.73 Å². The highest BCUT2D eigenvalue weighted by Crippen LogP contribution is 2.19. The van der Waals surface area contributed by atoms with Crippen LogP contribution in [-0.2, 0) is 14.8 Å². The lowest BCUT2D eigenvalue weighted by atomic mass is 9.94. The molecule has 104 valence electrons. The minimum Gasteiger partial charge on any atom is -0.378 e. The van der Waals surface area contributed by atoms with Crippen LogP contribution >= 0.6 is 0 Å². The van der Waals surface area contributed by atoms with Crippen molar-refractivity contribution < 1.29 is 13.2 Å². The van der Waals surface area contributed by atoms with E-state index < -0.39 is 15.8 Å². The Morgan fingerprint density at radius 2 is 2.00 bits per heavy atom. The van der Waals surface area contributed by atoms with Gasteiger partial charge >= 0.3 is 0 Å². The third-order valence-electron chi connectivity index (χ3n) is 2.97. The number of hydrogen-bond acceptors (Lipinski definition) is 5. The monoisotopic (exact) mass is 275 g/mol. The van der Waals surface area contributed by atoms with E-state index in [9.17, 15) is 8.42 Å². The molecule has 0 aromatic rings. The third kappa shape index (κ3) is 6.31. The third-order valence-corrected chi connectivity index (χ3v) is 4.12. The van der Waals surface area contributed by atoms with Crippen LogP contribution < -0.4 is 10.5 Å². The molecule has 1 rings (SSSR count). The molecule has 0 aromatic heterocycles. The molecular formula is C11H21N3O3S. The van der Waals surface area contributed by atoms with Crippen molar-refractivity contribution in [1.29, 1.82) is 5.26 Å². The number of nitrogens with two attached hydrogens (primary N) is 1. The molecule has 0 unspecified atom stereocenters. The number of nitrogens with one attached hydrogen (secondary N) is 1. The summed E-state index contributed by atoms with van der Waals surface area (Å²) in [5.74, 6) is -0.492. The molecule has 0 bridgehead atoms. The van der Waals surface area contributed by atoms with E-state index in [1.165, 1.54) is 0 Å². The largest absolute Gasteiger partial charge is 0.378 e. The summed E-state index contributed by atoms with van der Waals surface area (Å²) >= 11 is 0. The summed E-state index contributed by atoms with van der Waals surface area (Å²) < 4.78 is 30.3. The van der Waals surface area contributed by atoms with E-state index in [2.05, 4.69) is 4.72 Å². The number of sulfonamides is 1. The second kappa shape index (κ2) is 7.69. The van der Waals surface area contributed by atoms with E-state index in [-0.39, 0.29) is 6.10 Å². The maximum absolute atomic E-state index is 11.1. The zero-order valence-corrected chi connectivity index (χ0v) is 11.3. The van der Waals surface area contributed by atoms with Crippen molar-refractivity contribution in [2.75, 3.05) is 18.9 Å². The van der Waals surface area contributed by atoms with Gasteiger partial charge in [0, 0.05) is 19.2 Å². The fraction of sp³-hybridized carbons (Fsp3) is 0.909. The molecule has 0 radical (unpaired) electrons. The number of nitrogens with zero attached hydrogens (tertiary/aromatic N) is 1. The quantitative estimate of drug-likeness (QED) is 0.641. The molecule has 3 N–H and O–H groups in total. The molecule has 0 aliphatic heterocycles. The summed E-state index contributed by atoms with van der Waals surface area (Å²) in [5, 5.41) is 8.29. The second-order valence-corrected chi connectivity index (χ2v) is 6.38.